The molecule has 9 heteroatoms. The normalized spacial score (nSPS) is 17.6. The van der Waals surface area contributed by atoms with Crippen molar-refractivity contribution in [2.45, 2.75) is 40.2 Å². The van der Waals surface area contributed by atoms with Crippen molar-refractivity contribution in [3.63, 3.8) is 0 Å². The van der Waals surface area contributed by atoms with E-state index < -0.39 is 0 Å². The van der Waals surface area contributed by atoms with Crippen LogP contribution in [-0.2, 0) is 17.8 Å². The molecule has 1 aromatic heterocycles. The quantitative estimate of drug-likeness (QED) is 0.373. The summed E-state index contributed by atoms with van der Waals surface area (Å²) in [5.74, 6) is 0.672. The first-order valence-corrected chi connectivity index (χ1v) is 14.1. The summed E-state index contributed by atoms with van der Waals surface area (Å²) in [5.41, 5.74) is 2.45. The number of piperazine rings is 1. The predicted molar refractivity (Wildman–Crippen MR) is 155 cm³/mol. The largest absolute Gasteiger partial charge is 0.355 e. The maximum atomic E-state index is 13.4. The fourth-order valence-electron chi connectivity index (χ4n) is 4.96. The fourth-order valence-corrected chi connectivity index (χ4v) is 6.25. The Morgan fingerprint density at radius 3 is 2.41 bits per heavy atom. The molecule has 2 saturated heterocycles. The molecule has 194 valence electrons. The van der Waals surface area contributed by atoms with Crippen molar-refractivity contribution in [1.82, 2.24) is 14.4 Å². The van der Waals surface area contributed by atoms with Gasteiger partial charge in [-0.3, -0.25) is 19.1 Å². The number of carbonyl (C=O) groups excluding carboxylic acids is 1. The van der Waals surface area contributed by atoms with Gasteiger partial charge >= 0.3 is 0 Å². The Labute approximate surface area is 228 Å². The molecule has 0 aliphatic carbocycles. The summed E-state index contributed by atoms with van der Waals surface area (Å²) in [7, 11) is 0. The van der Waals surface area contributed by atoms with Gasteiger partial charge in [0, 0.05) is 44.8 Å². The van der Waals surface area contributed by atoms with E-state index >= 15 is 0 Å². The maximum Gasteiger partial charge on any atom is 0.270 e. The van der Waals surface area contributed by atoms with Crippen molar-refractivity contribution < 1.29 is 4.79 Å². The Morgan fingerprint density at radius 1 is 1.08 bits per heavy atom. The second-order valence-corrected chi connectivity index (χ2v) is 10.9. The minimum Gasteiger partial charge on any atom is -0.355 e. The van der Waals surface area contributed by atoms with Crippen LogP contribution in [0.5, 0.6) is 0 Å². The molecule has 0 unspecified atom stereocenters. The van der Waals surface area contributed by atoms with Gasteiger partial charge in [0.1, 0.15) is 21.8 Å². The molecule has 1 amide bonds. The zero-order chi connectivity index (χ0) is 26.5. The van der Waals surface area contributed by atoms with Crippen LogP contribution in [0.2, 0.25) is 0 Å². The summed E-state index contributed by atoms with van der Waals surface area (Å²) in [5, 5.41) is 9.79. The number of hydrogen-bond donors (Lipinski definition) is 0. The molecule has 0 N–H and O–H groups in total. The van der Waals surface area contributed by atoms with E-state index in [1.165, 1.54) is 17.3 Å². The van der Waals surface area contributed by atoms with Crippen molar-refractivity contribution >= 4 is 46.1 Å². The molecule has 0 spiro atoms. The van der Waals surface area contributed by atoms with Crippen LogP contribution in [-0.4, -0.2) is 63.9 Å². The number of nitrogens with zero attached hydrogens (tertiary/aromatic N) is 5. The smallest absolute Gasteiger partial charge is 0.270 e. The molecule has 2 aliphatic rings. The average Bonchev–Trinajstić information content (AvgIpc) is 3.18. The number of likely N-dealkylation sites (N-methyl/N-ethyl adjacent to an activating group) is 1. The van der Waals surface area contributed by atoms with Crippen molar-refractivity contribution in [1.29, 1.82) is 5.26 Å². The van der Waals surface area contributed by atoms with Crippen molar-refractivity contribution in [3.8, 4) is 6.07 Å². The highest BCUT2D eigenvalue weighted by atomic mass is 32.2. The Morgan fingerprint density at radius 2 is 1.78 bits per heavy atom. The third kappa shape index (κ3) is 5.66. The Bertz CT molecular complexity index is 1300. The average molecular weight is 536 g/mol. The Hall–Kier alpha value is -2.93. The lowest BCUT2D eigenvalue weighted by atomic mass is 10.0. The Balaban J connectivity index is 1.67. The van der Waals surface area contributed by atoms with Crippen LogP contribution < -0.4 is 10.5 Å². The van der Waals surface area contributed by atoms with E-state index in [2.05, 4.69) is 34.9 Å². The number of benzene rings is 1. The zero-order valence-corrected chi connectivity index (χ0v) is 23.3. The number of anilines is 1. The summed E-state index contributed by atoms with van der Waals surface area (Å²) in [6.45, 7) is 11.2. The monoisotopic (exact) mass is 535 g/mol. The minimum atomic E-state index is -0.277. The SMILES string of the molecule is CCN1CCN(c2c(C=C3SC(=S)N(CCCc4ccccc4)C3=O)c(C)c(C#N)c(=O)n2CC)CC1. The van der Waals surface area contributed by atoms with E-state index in [0.717, 1.165) is 56.9 Å². The highest BCUT2D eigenvalue weighted by Crippen LogP contribution is 2.36. The number of thiocarbonyl (C=S) groups is 1. The van der Waals surface area contributed by atoms with Crippen LogP contribution in [0.15, 0.2) is 40.0 Å². The summed E-state index contributed by atoms with van der Waals surface area (Å²) in [6.07, 6.45) is 3.53. The molecule has 4 rings (SSSR count). The van der Waals surface area contributed by atoms with Gasteiger partial charge in [0.25, 0.3) is 11.5 Å². The van der Waals surface area contributed by atoms with Gasteiger partial charge in [0.05, 0.1) is 4.91 Å². The number of hydrogen-bond acceptors (Lipinski definition) is 7. The van der Waals surface area contributed by atoms with Crippen LogP contribution in [0.3, 0.4) is 0 Å². The molecule has 2 fully saturated rings. The highest BCUT2D eigenvalue weighted by molar-refractivity contribution is 8.26. The molecule has 37 heavy (non-hydrogen) atoms. The maximum absolute atomic E-state index is 13.4. The third-order valence-electron chi connectivity index (χ3n) is 7.12. The topological polar surface area (TPSA) is 72.6 Å². The van der Waals surface area contributed by atoms with Crippen molar-refractivity contribution in [2.24, 2.45) is 0 Å². The number of thioether (sulfide) groups is 1. The van der Waals surface area contributed by atoms with Crippen LogP contribution in [0, 0.1) is 18.3 Å². The molecule has 7 nitrogen and oxygen atoms in total. The molecular formula is C28H33N5O2S2. The van der Waals surface area contributed by atoms with E-state index in [1.807, 2.05) is 31.2 Å². The summed E-state index contributed by atoms with van der Waals surface area (Å²) < 4.78 is 2.23. The van der Waals surface area contributed by atoms with Crippen LogP contribution in [0.25, 0.3) is 6.08 Å². The fraction of sp³-hybridized carbons (Fsp3) is 0.429. The molecule has 0 radical (unpaired) electrons. The second-order valence-electron chi connectivity index (χ2n) is 9.24. The second kappa shape index (κ2) is 12.1. The van der Waals surface area contributed by atoms with Gasteiger partial charge in [0.2, 0.25) is 0 Å². The molecule has 0 saturated carbocycles. The van der Waals surface area contributed by atoms with Crippen LogP contribution in [0.4, 0.5) is 5.82 Å². The first-order chi connectivity index (χ1) is 17.9. The number of nitriles is 1. The van der Waals surface area contributed by atoms with Gasteiger partial charge in [-0.05, 0) is 50.4 Å². The highest BCUT2D eigenvalue weighted by Gasteiger charge is 2.33. The van der Waals surface area contributed by atoms with E-state index in [0.29, 0.717) is 27.9 Å². The molecule has 0 bridgehead atoms. The van der Waals surface area contributed by atoms with Crippen LogP contribution >= 0.6 is 24.0 Å². The van der Waals surface area contributed by atoms with Gasteiger partial charge in [0.15, 0.2) is 0 Å². The first kappa shape index (κ1) is 27.1. The predicted octanol–water partition coefficient (Wildman–Crippen LogP) is 4.02. The molecule has 0 atom stereocenters. The lowest BCUT2D eigenvalue weighted by Crippen LogP contribution is -2.48. The van der Waals surface area contributed by atoms with Gasteiger partial charge in [-0.25, -0.2) is 0 Å². The number of rotatable bonds is 8. The van der Waals surface area contributed by atoms with E-state index in [9.17, 15) is 14.9 Å². The Kier molecular flexibility index (Phi) is 8.85. The van der Waals surface area contributed by atoms with Crippen molar-refractivity contribution in [3.05, 3.63) is 67.8 Å². The number of amides is 1. The third-order valence-corrected chi connectivity index (χ3v) is 8.50. The summed E-state index contributed by atoms with van der Waals surface area (Å²) in [6, 6.07) is 12.3. The molecule has 1 aromatic carbocycles. The number of aryl methyl sites for hydroxylation is 1. The number of carbonyl (C=O) groups is 1. The standard InChI is InChI=1S/C28H33N5O2S2/c1-4-30-14-16-31(17-15-30)25-22(20(3)23(19-29)26(34)32(25)5-2)18-24-27(35)33(28(36)37-24)13-9-12-21-10-7-6-8-11-21/h6-8,10-11,18H,4-5,9,12-17H2,1-3H3. The number of pyridine rings is 1. The molecule has 2 aromatic rings. The van der Waals surface area contributed by atoms with Gasteiger partial charge in [-0.1, -0.05) is 61.2 Å². The number of aromatic nitrogens is 1. The van der Waals surface area contributed by atoms with Crippen LogP contribution in [0.1, 0.15) is 42.5 Å². The van der Waals surface area contributed by atoms with E-state index in [-0.39, 0.29) is 17.0 Å². The first-order valence-electron chi connectivity index (χ1n) is 12.8. The van der Waals surface area contributed by atoms with E-state index in [1.54, 1.807) is 16.4 Å². The minimum absolute atomic E-state index is 0.114. The van der Waals surface area contributed by atoms with Gasteiger partial charge in [-0.15, -0.1) is 0 Å². The molecule has 2 aliphatic heterocycles. The summed E-state index contributed by atoms with van der Waals surface area (Å²) >= 11 is 6.87. The zero-order valence-electron chi connectivity index (χ0n) is 21.7. The molecular weight excluding hydrogens is 502 g/mol. The molecule has 3 heterocycles. The van der Waals surface area contributed by atoms with E-state index in [4.69, 9.17) is 12.2 Å². The lowest BCUT2D eigenvalue weighted by molar-refractivity contribution is -0.122. The summed E-state index contributed by atoms with van der Waals surface area (Å²) in [4.78, 5) is 33.4. The van der Waals surface area contributed by atoms with Gasteiger partial charge in [-0.2, -0.15) is 5.26 Å². The van der Waals surface area contributed by atoms with Crippen molar-refractivity contribution in [2.75, 3.05) is 44.2 Å². The lowest BCUT2D eigenvalue weighted by Gasteiger charge is -2.37. The van der Waals surface area contributed by atoms with Gasteiger partial charge < -0.3 is 9.80 Å².